The van der Waals surface area contributed by atoms with Crippen LogP contribution < -0.4 is 10.6 Å². The van der Waals surface area contributed by atoms with Gasteiger partial charge in [0.1, 0.15) is 6.61 Å². The fourth-order valence-corrected chi connectivity index (χ4v) is 0.990. The second-order valence-electron chi connectivity index (χ2n) is 3.42. The Morgan fingerprint density at radius 3 is 2.44 bits per heavy atom. The first kappa shape index (κ1) is 16.5. The van der Waals surface area contributed by atoms with Gasteiger partial charge in [-0.25, -0.2) is 18.4 Å². The van der Waals surface area contributed by atoms with Crippen LogP contribution in [0.15, 0.2) is 0 Å². The number of aliphatic hydroxyl groups is 1. The van der Waals surface area contributed by atoms with Gasteiger partial charge in [0.2, 0.25) is 0 Å². The van der Waals surface area contributed by atoms with E-state index in [2.05, 4.69) is 10.1 Å². The van der Waals surface area contributed by atoms with Crippen LogP contribution in [0.25, 0.3) is 0 Å². The summed E-state index contributed by atoms with van der Waals surface area (Å²) in [5, 5.41) is 21.9. The van der Waals surface area contributed by atoms with Gasteiger partial charge in [0.05, 0.1) is 12.7 Å². The highest BCUT2D eigenvalue weighted by Crippen LogP contribution is 1.93. The molecule has 0 aliphatic heterocycles. The molecule has 0 saturated heterocycles. The number of urea groups is 1. The molecular formula is C9H16F2N2O5. The molecule has 2 atom stereocenters. The number of carbonyl (C=O) groups excluding carboxylic acids is 1. The highest BCUT2D eigenvalue weighted by molar-refractivity contribution is 5.82. The minimum absolute atomic E-state index is 0.0509. The Morgan fingerprint density at radius 2 is 2.00 bits per heavy atom. The van der Waals surface area contributed by atoms with E-state index < -0.39 is 37.2 Å². The lowest BCUT2D eigenvalue weighted by Gasteiger charge is -2.17. The van der Waals surface area contributed by atoms with Crippen LogP contribution in [-0.2, 0) is 9.53 Å². The van der Waals surface area contributed by atoms with E-state index >= 15 is 0 Å². The van der Waals surface area contributed by atoms with Gasteiger partial charge in [-0.15, -0.1) is 0 Å². The van der Waals surface area contributed by atoms with Crippen LogP contribution in [0.2, 0.25) is 0 Å². The lowest BCUT2D eigenvalue weighted by molar-refractivity contribution is -0.141. The van der Waals surface area contributed by atoms with Crippen LogP contribution in [0.5, 0.6) is 0 Å². The zero-order valence-electron chi connectivity index (χ0n) is 9.73. The normalized spacial score (nSPS) is 14.1. The monoisotopic (exact) mass is 270 g/mol. The summed E-state index contributed by atoms with van der Waals surface area (Å²) < 4.78 is 27.8. The van der Waals surface area contributed by atoms with E-state index in [1.807, 2.05) is 5.32 Å². The molecule has 0 aliphatic rings. The Bertz CT molecular complexity index is 276. The maximum atomic E-state index is 11.7. The highest BCUT2D eigenvalue weighted by atomic mass is 19.3. The van der Waals surface area contributed by atoms with E-state index in [9.17, 15) is 18.4 Å². The second kappa shape index (κ2) is 8.59. The Labute approximate surface area is 102 Å². The van der Waals surface area contributed by atoms with Gasteiger partial charge < -0.3 is 25.6 Å². The maximum absolute atomic E-state index is 11.7. The number of rotatable bonds is 8. The van der Waals surface area contributed by atoms with Crippen molar-refractivity contribution in [1.29, 1.82) is 0 Å². The van der Waals surface area contributed by atoms with Crippen molar-refractivity contribution in [3.63, 3.8) is 0 Å². The molecule has 0 radical (unpaired) electrons. The van der Waals surface area contributed by atoms with Crippen LogP contribution in [0.4, 0.5) is 13.6 Å². The van der Waals surface area contributed by atoms with Gasteiger partial charge in [0.15, 0.2) is 6.04 Å². The first-order valence-corrected chi connectivity index (χ1v) is 5.15. The van der Waals surface area contributed by atoms with E-state index in [0.717, 1.165) is 0 Å². The van der Waals surface area contributed by atoms with E-state index in [4.69, 9.17) is 10.2 Å². The molecule has 0 heterocycles. The third-order valence-corrected chi connectivity index (χ3v) is 1.81. The number of nitrogens with one attached hydrogen (secondary N) is 2. The Morgan fingerprint density at radius 1 is 1.39 bits per heavy atom. The van der Waals surface area contributed by atoms with Crippen molar-refractivity contribution in [2.45, 2.75) is 25.5 Å². The quantitative estimate of drug-likeness (QED) is 0.441. The van der Waals surface area contributed by atoms with Gasteiger partial charge in [-0.1, -0.05) is 0 Å². The summed E-state index contributed by atoms with van der Waals surface area (Å²) >= 11 is 0. The molecule has 0 aromatic carbocycles. The molecule has 0 fully saturated rings. The van der Waals surface area contributed by atoms with Crippen LogP contribution in [0.1, 0.15) is 6.92 Å². The molecule has 2 amide bonds. The molecule has 18 heavy (non-hydrogen) atoms. The van der Waals surface area contributed by atoms with E-state index in [1.165, 1.54) is 6.92 Å². The predicted molar refractivity (Wildman–Crippen MR) is 56.5 cm³/mol. The summed E-state index contributed by atoms with van der Waals surface area (Å²) in [7, 11) is 0. The Kier molecular flexibility index (Phi) is 7.88. The van der Waals surface area contributed by atoms with Gasteiger partial charge in [0.25, 0.3) is 6.43 Å². The van der Waals surface area contributed by atoms with Crippen molar-refractivity contribution in [2.75, 3.05) is 19.8 Å². The number of carbonyl (C=O) groups is 2. The van der Waals surface area contributed by atoms with Crippen molar-refractivity contribution in [3.05, 3.63) is 0 Å². The summed E-state index contributed by atoms with van der Waals surface area (Å²) in [4.78, 5) is 21.8. The molecule has 0 aromatic heterocycles. The van der Waals surface area contributed by atoms with Gasteiger partial charge in [0, 0.05) is 6.54 Å². The summed E-state index contributed by atoms with van der Waals surface area (Å²) in [5.74, 6) is -1.38. The van der Waals surface area contributed by atoms with E-state index in [0.29, 0.717) is 0 Å². The van der Waals surface area contributed by atoms with Crippen molar-refractivity contribution >= 4 is 12.0 Å². The van der Waals surface area contributed by atoms with Crippen LogP contribution in [0, 0.1) is 0 Å². The minimum atomic E-state index is -2.58. The average Bonchev–Trinajstić information content (AvgIpc) is 2.24. The van der Waals surface area contributed by atoms with E-state index in [1.54, 1.807) is 0 Å². The Hall–Kier alpha value is -1.48. The number of alkyl halides is 2. The molecule has 0 rings (SSSR count). The summed E-state index contributed by atoms with van der Waals surface area (Å²) in [6, 6.07) is -2.27. The molecule has 0 aromatic rings. The number of carboxylic acids is 1. The zero-order valence-corrected chi connectivity index (χ0v) is 9.73. The maximum Gasteiger partial charge on any atom is 0.328 e. The third kappa shape index (κ3) is 7.74. The number of amides is 2. The molecule has 7 nitrogen and oxygen atoms in total. The molecule has 4 N–H and O–H groups in total. The average molecular weight is 270 g/mol. The first-order chi connectivity index (χ1) is 8.34. The summed E-state index contributed by atoms with van der Waals surface area (Å²) in [5.41, 5.74) is 0. The van der Waals surface area contributed by atoms with Crippen molar-refractivity contribution < 1.29 is 33.3 Å². The number of hydrogen-bond acceptors (Lipinski definition) is 4. The Balaban J connectivity index is 3.79. The number of aliphatic carboxylic acids is 1. The number of aliphatic hydroxyl groups excluding tert-OH is 1. The van der Waals surface area contributed by atoms with Crippen LogP contribution in [0.3, 0.4) is 0 Å². The zero-order chi connectivity index (χ0) is 14.1. The molecule has 0 bridgehead atoms. The van der Waals surface area contributed by atoms with Gasteiger partial charge in [-0.2, -0.15) is 0 Å². The lowest BCUT2D eigenvalue weighted by Crippen LogP contribution is -2.51. The number of halogens is 2. The summed E-state index contributed by atoms with van der Waals surface area (Å²) in [6.45, 7) is 0.314. The summed E-state index contributed by atoms with van der Waals surface area (Å²) in [6.07, 6.45) is -3.84. The molecule has 9 heteroatoms. The van der Waals surface area contributed by atoms with Crippen LogP contribution in [-0.4, -0.2) is 60.5 Å². The molecule has 0 unspecified atom stereocenters. The van der Waals surface area contributed by atoms with Gasteiger partial charge >= 0.3 is 12.0 Å². The van der Waals surface area contributed by atoms with Crippen LogP contribution >= 0.6 is 0 Å². The van der Waals surface area contributed by atoms with Crippen molar-refractivity contribution in [3.8, 4) is 0 Å². The molecular weight excluding hydrogens is 254 g/mol. The highest BCUT2D eigenvalue weighted by Gasteiger charge is 2.24. The lowest BCUT2D eigenvalue weighted by atomic mass is 10.2. The molecule has 0 aliphatic carbocycles. The smallest absolute Gasteiger partial charge is 0.328 e. The number of ether oxygens (including phenoxy) is 1. The fraction of sp³-hybridized carbons (Fsp3) is 0.778. The number of carboxylic acid groups (broad SMARTS) is 1. The largest absolute Gasteiger partial charge is 0.480 e. The standard InChI is InChI=1S/C9H16F2N2O5/c1-5(14)7(8(15)16)13-9(17)12-2-3-18-4-6(10)11/h5-7,14H,2-4H2,1H3,(H,15,16)(H2,12,13,17)/t5-,7+/m1/s1. The van der Waals surface area contributed by atoms with Crippen molar-refractivity contribution in [1.82, 2.24) is 10.6 Å². The third-order valence-electron chi connectivity index (χ3n) is 1.81. The number of hydrogen-bond donors (Lipinski definition) is 4. The van der Waals surface area contributed by atoms with Crippen molar-refractivity contribution in [2.24, 2.45) is 0 Å². The first-order valence-electron chi connectivity index (χ1n) is 5.15. The molecule has 106 valence electrons. The topological polar surface area (TPSA) is 108 Å². The SMILES string of the molecule is C[C@@H](O)[C@H](NC(=O)NCCOCC(F)F)C(=O)O. The predicted octanol–water partition coefficient (Wildman–Crippen LogP) is -0.599. The van der Waals surface area contributed by atoms with Gasteiger partial charge in [-0.3, -0.25) is 0 Å². The molecule has 0 spiro atoms. The second-order valence-corrected chi connectivity index (χ2v) is 3.42. The van der Waals surface area contributed by atoms with Gasteiger partial charge in [-0.05, 0) is 6.92 Å². The molecule has 0 saturated carbocycles. The minimum Gasteiger partial charge on any atom is -0.480 e. The van der Waals surface area contributed by atoms with E-state index in [-0.39, 0.29) is 13.2 Å². The fourth-order valence-electron chi connectivity index (χ4n) is 0.990.